The molecule has 0 fully saturated rings. The molecule has 0 atom stereocenters. The van der Waals surface area contributed by atoms with Crippen LogP contribution in [-0.4, -0.2) is 26.1 Å². The van der Waals surface area contributed by atoms with E-state index in [0.29, 0.717) is 23.9 Å². The summed E-state index contributed by atoms with van der Waals surface area (Å²) in [5.74, 6) is 0.757. The largest absolute Gasteiger partial charge is 0.306 e. The highest BCUT2D eigenvalue weighted by molar-refractivity contribution is 5.90. The molecule has 2 heterocycles. The molecule has 0 saturated heterocycles. The quantitative estimate of drug-likeness (QED) is 0.769. The van der Waals surface area contributed by atoms with E-state index in [1.165, 1.54) is 24.0 Å². The zero-order chi connectivity index (χ0) is 17.1. The maximum Gasteiger partial charge on any atom is 0.231 e. The number of aromatic nitrogens is 4. The third kappa shape index (κ3) is 3.57. The van der Waals surface area contributed by atoms with Crippen LogP contribution in [0.1, 0.15) is 29.5 Å². The van der Waals surface area contributed by atoms with Gasteiger partial charge in [-0.3, -0.25) is 15.1 Å². The van der Waals surface area contributed by atoms with E-state index in [1.54, 1.807) is 6.20 Å². The molecule has 2 N–H and O–H groups in total. The van der Waals surface area contributed by atoms with Gasteiger partial charge in [-0.15, -0.1) is 10.2 Å². The Morgan fingerprint density at radius 3 is 2.80 bits per heavy atom. The number of rotatable bonds is 4. The zero-order valence-electron chi connectivity index (χ0n) is 13.8. The minimum atomic E-state index is -0.112. The summed E-state index contributed by atoms with van der Waals surface area (Å²) in [7, 11) is 0. The number of carbonyl (C=O) groups is 1. The van der Waals surface area contributed by atoms with Gasteiger partial charge in [-0.1, -0.05) is 24.3 Å². The lowest BCUT2D eigenvalue weighted by Gasteiger charge is -2.16. The number of nitrogens with one attached hydrogen (secondary N) is 2. The monoisotopic (exact) mass is 333 g/mol. The number of hydrogen-bond donors (Lipinski definition) is 2. The standard InChI is InChI=1S/C19H19N5O/c25-17(12-13-8-9-14-5-1-2-6-15(14)11-13)21-19-22-18(23-24-19)16-7-3-4-10-20-16/h3-4,7-11H,1-2,5-6,12H2,(H2,21,22,23,24,25). The van der Waals surface area contributed by atoms with Gasteiger partial charge in [0.05, 0.1) is 6.42 Å². The second kappa shape index (κ2) is 6.84. The number of pyridine rings is 1. The molecule has 0 unspecified atom stereocenters. The Morgan fingerprint density at radius 2 is 1.96 bits per heavy atom. The number of anilines is 1. The lowest BCUT2D eigenvalue weighted by atomic mass is 9.90. The molecule has 0 aliphatic heterocycles. The van der Waals surface area contributed by atoms with Gasteiger partial charge in [0.1, 0.15) is 5.69 Å². The van der Waals surface area contributed by atoms with Crippen molar-refractivity contribution in [2.24, 2.45) is 0 Å². The van der Waals surface area contributed by atoms with Crippen molar-refractivity contribution >= 4 is 11.9 Å². The van der Waals surface area contributed by atoms with Gasteiger partial charge in [-0.25, -0.2) is 0 Å². The van der Waals surface area contributed by atoms with Gasteiger partial charge in [0.15, 0.2) is 5.82 Å². The Morgan fingerprint density at radius 1 is 1.08 bits per heavy atom. The van der Waals surface area contributed by atoms with Crippen molar-refractivity contribution in [2.45, 2.75) is 32.1 Å². The second-order valence-electron chi connectivity index (χ2n) is 6.27. The smallest absolute Gasteiger partial charge is 0.231 e. The molecule has 3 aromatic rings. The maximum atomic E-state index is 12.3. The van der Waals surface area contributed by atoms with E-state index in [0.717, 1.165) is 18.4 Å². The van der Waals surface area contributed by atoms with Crippen LogP contribution in [0.3, 0.4) is 0 Å². The summed E-state index contributed by atoms with van der Waals surface area (Å²) < 4.78 is 0. The highest BCUT2D eigenvalue weighted by atomic mass is 16.1. The van der Waals surface area contributed by atoms with Gasteiger partial charge in [-0.05, 0) is 54.5 Å². The molecular weight excluding hydrogens is 314 g/mol. The number of nitrogens with zero attached hydrogens (tertiary/aromatic N) is 3. The van der Waals surface area contributed by atoms with Gasteiger partial charge in [0.2, 0.25) is 11.9 Å². The van der Waals surface area contributed by atoms with Gasteiger partial charge < -0.3 is 4.98 Å². The first-order valence-electron chi connectivity index (χ1n) is 8.52. The summed E-state index contributed by atoms with van der Waals surface area (Å²) in [4.78, 5) is 19.5. The van der Waals surface area contributed by atoms with Gasteiger partial charge in [0, 0.05) is 6.20 Å². The molecule has 6 nitrogen and oxygen atoms in total. The molecule has 6 heteroatoms. The van der Waals surface area contributed by atoms with Crippen molar-refractivity contribution in [3.63, 3.8) is 0 Å². The summed E-state index contributed by atoms with van der Waals surface area (Å²) in [6.45, 7) is 0. The minimum absolute atomic E-state index is 0.112. The lowest BCUT2D eigenvalue weighted by molar-refractivity contribution is -0.115. The van der Waals surface area contributed by atoms with Crippen molar-refractivity contribution in [2.75, 3.05) is 5.32 Å². The number of amides is 1. The lowest BCUT2D eigenvalue weighted by Crippen LogP contribution is -2.16. The summed E-state index contributed by atoms with van der Waals surface area (Å²) in [5.41, 5.74) is 4.52. The molecule has 1 aromatic carbocycles. The first-order chi connectivity index (χ1) is 12.3. The third-order valence-corrected chi connectivity index (χ3v) is 4.43. The fourth-order valence-electron chi connectivity index (χ4n) is 3.19. The Bertz CT molecular complexity index is 888. The van der Waals surface area contributed by atoms with Crippen molar-refractivity contribution in [3.05, 3.63) is 59.3 Å². The fraction of sp³-hybridized carbons (Fsp3) is 0.263. The predicted octanol–water partition coefficient (Wildman–Crippen LogP) is 2.93. The molecular formula is C19H19N5O. The Hall–Kier alpha value is -3.02. The van der Waals surface area contributed by atoms with Crippen LogP contribution in [0, 0.1) is 0 Å². The van der Waals surface area contributed by atoms with Crippen LogP contribution in [0.2, 0.25) is 0 Å². The summed E-state index contributed by atoms with van der Waals surface area (Å²) >= 11 is 0. The van der Waals surface area contributed by atoms with E-state index in [2.05, 4.69) is 37.6 Å². The highest BCUT2D eigenvalue weighted by Crippen LogP contribution is 2.22. The number of hydrogen-bond acceptors (Lipinski definition) is 4. The van der Waals surface area contributed by atoms with Crippen LogP contribution < -0.4 is 5.32 Å². The highest BCUT2D eigenvalue weighted by Gasteiger charge is 2.13. The Labute approximate surface area is 145 Å². The van der Waals surface area contributed by atoms with Gasteiger partial charge in [-0.2, -0.15) is 0 Å². The predicted molar refractivity (Wildman–Crippen MR) is 95.0 cm³/mol. The Kier molecular flexibility index (Phi) is 4.24. The third-order valence-electron chi connectivity index (χ3n) is 4.43. The first-order valence-corrected chi connectivity index (χ1v) is 8.52. The summed E-state index contributed by atoms with van der Waals surface area (Å²) in [5, 5.41) is 10.8. The van der Waals surface area contributed by atoms with Crippen LogP contribution in [-0.2, 0) is 24.1 Å². The van der Waals surface area contributed by atoms with Crippen molar-refractivity contribution in [3.8, 4) is 11.5 Å². The van der Waals surface area contributed by atoms with E-state index >= 15 is 0 Å². The van der Waals surface area contributed by atoms with Crippen LogP contribution in [0.5, 0.6) is 0 Å². The first kappa shape index (κ1) is 15.5. The average molecular weight is 333 g/mol. The van der Waals surface area contributed by atoms with Crippen LogP contribution in [0.4, 0.5) is 5.95 Å². The molecule has 0 bridgehead atoms. The second-order valence-corrected chi connectivity index (χ2v) is 6.27. The van der Waals surface area contributed by atoms with Crippen LogP contribution in [0.15, 0.2) is 42.6 Å². The minimum Gasteiger partial charge on any atom is -0.306 e. The summed E-state index contributed by atoms with van der Waals surface area (Å²) in [6, 6.07) is 11.9. The molecule has 0 radical (unpaired) electrons. The van der Waals surface area contributed by atoms with E-state index in [4.69, 9.17) is 0 Å². The van der Waals surface area contributed by atoms with E-state index in [1.807, 2.05) is 24.3 Å². The van der Waals surface area contributed by atoms with Gasteiger partial charge >= 0.3 is 0 Å². The number of benzene rings is 1. The number of aromatic amines is 1. The van der Waals surface area contributed by atoms with Crippen LogP contribution >= 0.6 is 0 Å². The molecule has 4 rings (SSSR count). The topological polar surface area (TPSA) is 83.6 Å². The van der Waals surface area contributed by atoms with Crippen LogP contribution in [0.25, 0.3) is 11.5 Å². The number of fused-ring (bicyclic) bond motifs is 1. The molecule has 1 amide bonds. The molecule has 1 aliphatic carbocycles. The molecule has 126 valence electrons. The molecule has 0 saturated carbocycles. The molecule has 0 spiro atoms. The zero-order valence-corrected chi connectivity index (χ0v) is 13.8. The maximum absolute atomic E-state index is 12.3. The van der Waals surface area contributed by atoms with Crippen molar-refractivity contribution in [1.82, 2.24) is 20.2 Å². The normalized spacial score (nSPS) is 13.3. The van der Waals surface area contributed by atoms with Crippen molar-refractivity contribution < 1.29 is 4.79 Å². The van der Waals surface area contributed by atoms with Gasteiger partial charge in [0.25, 0.3) is 0 Å². The molecule has 25 heavy (non-hydrogen) atoms. The summed E-state index contributed by atoms with van der Waals surface area (Å²) in [6.07, 6.45) is 6.77. The fourth-order valence-corrected chi connectivity index (χ4v) is 3.19. The number of carbonyl (C=O) groups excluding carboxylic acids is 1. The number of H-pyrrole nitrogens is 1. The molecule has 2 aromatic heterocycles. The van der Waals surface area contributed by atoms with E-state index in [-0.39, 0.29) is 5.91 Å². The average Bonchev–Trinajstić information content (AvgIpc) is 3.10. The van der Waals surface area contributed by atoms with E-state index in [9.17, 15) is 4.79 Å². The SMILES string of the molecule is O=C(Cc1ccc2c(c1)CCCC2)Nc1nnc(-c2ccccn2)[nH]1. The Balaban J connectivity index is 1.42. The molecule has 1 aliphatic rings. The van der Waals surface area contributed by atoms with Crippen molar-refractivity contribution in [1.29, 1.82) is 0 Å². The van der Waals surface area contributed by atoms with E-state index < -0.39 is 0 Å². The number of aryl methyl sites for hydroxylation is 2.